The minimum Gasteiger partial charge on any atom is -0.323 e. The molecule has 150 valence electrons. The van der Waals surface area contributed by atoms with Gasteiger partial charge < -0.3 is 5.32 Å². The predicted octanol–water partition coefficient (Wildman–Crippen LogP) is 3.84. The molecule has 0 spiro atoms. The Kier molecular flexibility index (Phi) is 5.98. The number of sulfonamides is 1. The molecular weight excluding hydrogens is 386 g/mol. The lowest BCUT2D eigenvalue weighted by atomic mass is 10.1. The lowest BCUT2D eigenvalue weighted by Gasteiger charge is -2.25. The second-order valence-corrected chi connectivity index (χ2v) is 8.82. The van der Waals surface area contributed by atoms with Gasteiger partial charge in [0, 0.05) is 6.20 Å². The minimum atomic E-state index is -3.93. The third kappa shape index (κ3) is 5.00. The van der Waals surface area contributed by atoms with E-state index in [0.29, 0.717) is 11.4 Å². The number of hydrogen-bond donors (Lipinski definition) is 1. The second-order valence-electron chi connectivity index (χ2n) is 6.96. The summed E-state index contributed by atoms with van der Waals surface area (Å²) in [4.78, 5) is 16.7. The minimum absolute atomic E-state index is 0.136. The summed E-state index contributed by atoms with van der Waals surface area (Å²) in [6, 6.07) is 15.5. The van der Waals surface area contributed by atoms with Gasteiger partial charge in [-0.3, -0.25) is 14.1 Å². The van der Waals surface area contributed by atoms with Crippen molar-refractivity contribution in [1.29, 1.82) is 0 Å². The Hall–Kier alpha value is -3.19. The van der Waals surface area contributed by atoms with Crippen LogP contribution >= 0.6 is 0 Å². The number of carbonyl (C=O) groups excluding carboxylic acids is 1. The molecule has 3 rings (SSSR count). The van der Waals surface area contributed by atoms with Gasteiger partial charge in [0.15, 0.2) is 0 Å². The molecule has 0 aliphatic carbocycles. The number of hydrogen-bond acceptors (Lipinski definition) is 4. The van der Waals surface area contributed by atoms with Crippen LogP contribution in [0.3, 0.4) is 0 Å². The van der Waals surface area contributed by atoms with E-state index < -0.39 is 15.9 Å². The third-order valence-corrected chi connectivity index (χ3v) is 6.12. The summed E-state index contributed by atoms with van der Waals surface area (Å²) in [5.74, 6) is -0.451. The zero-order chi connectivity index (χ0) is 21.0. The fraction of sp³-hybridized carbons (Fsp3) is 0.182. The number of nitrogens with zero attached hydrogens (tertiary/aromatic N) is 2. The monoisotopic (exact) mass is 409 g/mol. The number of nitrogens with one attached hydrogen (secondary N) is 1. The van der Waals surface area contributed by atoms with Crippen LogP contribution in [-0.4, -0.2) is 25.9 Å². The predicted molar refractivity (Wildman–Crippen MR) is 114 cm³/mol. The molecule has 1 amide bonds. The lowest BCUT2D eigenvalue weighted by molar-refractivity contribution is -0.114. The van der Waals surface area contributed by atoms with E-state index in [4.69, 9.17) is 0 Å². The van der Waals surface area contributed by atoms with Crippen molar-refractivity contribution in [1.82, 2.24) is 4.98 Å². The Bertz CT molecular complexity index is 1090. The Morgan fingerprint density at radius 1 is 0.966 bits per heavy atom. The highest BCUT2D eigenvalue weighted by atomic mass is 32.2. The van der Waals surface area contributed by atoms with Crippen LogP contribution in [0.2, 0.25) is 0 Å². The molecule has 1 N–H and O–H groups in total. The summed E-state index contributed by atoms with van der Waals surface area (Å²) in [5, 5.41) is 2.70. The topological polar surface area (TPSA) is 79.4 Å². The highest BCUT2D eigenvalue weighted by molar-refractivity contribution is 7.92. The first-order valence-corrected chi connectivity index (χ1v) is 10.6. The molecule has 1 heterocycles. The molecule has 6 nitrogen and oxygen atoms in total. The van der Waals surface area contributed by atoms with Gasteiger partial charge in [0.05, 0.1) is 22.5 Å². The zero-order valence-electron chi connectivity index (χ0n) is 16.6. The zero-order valence-corrected chi connectivity index (χ0v) is 17.4. The van der Waals surface area contributed by atoms with E-state index >= 15 is 0 Å². The maximum Gasteiger partial charge on any atom is 0.264 e. The van der Waals surface area contributed by atoms with Crippen molar-refractivity contribution in [2.24, 2.45) is 0 Å². The van der Waals surface area contributed by atoms with Gasteiger partial charge in [-0.15, -0.1) is 0 Å². The summed E-state index contributed by atoms with van der Waals surface area (Å²) < 4.78 is 27.9. The van der Waals surface area contributed by atoms with E-state index in [2.05, 4.69) is 10.3 Å². The molecule has 29 heavy (non-hydrogen) atoms. The molecule has 3 aromatic rings. The van der Waals surface area contributed by atoms with Gasteiger partial charge in [-0.2, -0.15) is 0 Å². The van der Waals surface area contributed by atoms with Gasteiger partial charge in [0.25, 0.3) is 10.0 Å². The maximum atomic E-state index is 13.4. The SMILES string of the molecule is Cc1ccc(S(=O)(=O)N(CC(=O)Nc2cccnc2)c2cc(C)cc(C)c2)cc1. The molecular formula is C22H23N3O3S. The van der Waals surface area contributed by atoms with Gasteiger partial charge >= 0.3 is 0 Å². The Morgan fingerprint density at radius 3 is 2.21 bits per heavy atom. The van der Waals surface area contributed by atoms with Gasteiger partial charge in [-0.05, 0) is 68.3 Å². The molecule has 0 saturated carbocycles. The van der Waals surface area contributed by atoms with Crippen LogP contribution in [0.15, 0.2) is 71.9 Å². The van der Waals surface area contributed by atoms with Crippen LogP contribution < -0.4 is 9.62 Å². The number of benzene rings is 2. The average Bonchev–Trinajstić information content (AvgIpc) is 2.66. The molecule has 0 bridgehead atoms. The van der Waals surface area contributed by atoms with Crippen molar-refractivity contribution in [3.63, 3.8) is 0 Å². The number of carbonyl (C=O) groups is 1. The maximum absolute atomic E-state index is 13.4. The number of amides is 1. The van der Waals surface area contributed by atoms with E-state index in [-0.39, 0.29) is 11.4 Å². The summed E-state index contributed by atoms with van der Waals surface area (Å²) in [7, 11) is -3.93. The first kappa shape index (κ1) is 20.5. The number of aryl methyl sites for hydroxylation is 3. The normalized spacial score (nSPS) is 11.1. The van der Waals surface area contributed by atoms with Crippen LogP contribution in [-0.2, 0) is 14.8 Å². The fourth-order valence-electron chi connectivity index (χ4n) is 3.01. The number of pyridine rings is 1. The quantitative estimate of drug-likeness (QED) is 0.671. The standard InChI is InChI=1S/C22H23N3O3S/c1-16-6-8-21(9-7-16)29(27,28)25(20-12-17(2)11-18(3)13-20)15-22(26)24-19-5-4-10-23-14-19/h4-14H,15H2,1-3H3,(H,24,26). The smallest absolute Gasteiger partial charge is 0.264 e. The van der Waals surface area contributed by atoms with Crippen molar-refractivity contribution >= 4 is 27.3 Å². The summed E-state index contributed by atoms with van der Waals surface area (Å²) >= 11 is 0. The van der Waals surface area contributed by atoms with Gasteiger partial charge in [-0.1, -0.05) is 23.8 Å². The van der Waals surface area contributed by atoms with Crippen LogP contribution in [0.4, 0.5) is 11.4 Å². The van der Waals surface area contributed by atoms with Crippen molar-refractivity contribution in [3.05, 3.63) is 83.7 Å². The molecule has 0 aliphatic heterocycles. The summed E-state index contributed by atoms with van der Waals surface area (Å²) in [6.45, 7) is 5.32. The lowest BCUT2D eigenvalue weighted by Crippen LogP contribution is -2.38. The molecule has 1 aromatic heterocycles. The molecule has 0 fully saturated rings. The summed E-state index contributed by atoms with van der Waals surface area (Å²) in [6.07, 6.45) is 3.10. The Labute approximate surface area is 171 Å². The largest absolute Gasteiger partial charge is 0.323 e. The highest BCUT2D eigenvalue weighted by Gasteiger charge is 2.27. The molecule has 0 radical (unpaired) electrons. The average molecular weight is 410 g/mol. The van der Waals surface area contributed by atoms with Crippen LogP contribution in [0.25, 0.3) is 0 Å². The van der Waals surface area contributed by atoms with Crippen LogP contribution in [0, 0.1) is 20.8 Å². The highest BCUT2D eigenvalue weighted by Crippen LogP contribution is 2.26. The molecule has 2 aromatic carbocycles. The molecule has 7 heteroatoms. The molecule has 0 aliphatic rings. The Balaban J connectivity index is 1.99. The second kappa shape index (κ2) is 8.45. The van der Waals surface area contributed by atoms with E-state index in [9.17, 15) is 13.2 Å². The number of rotatable bonds is 6. The van der Waals surface area contributed by atoms with Crippen LogP contribution in [0.1, 0.15) is 16.7 Å². The molecule has 0 unspecified atom stereocenters. The van der Waals surface area contributed by atoms with Gasteiger partial charge in [0.1, 0.15) is 6.54 Å². The van der Waals surface area contributed by atoms with E-state index in [1.165, 1.54) is 6.20 Å². The van der Waals surface area contributed by atoms with Crippen LogP contribution in [0.5, 0.6) is 0 Å². The van der Waals surface area contributed by atoms with E-state index in [1.807, 2.05) is 26.8 Å². The number of anilines is 2. The van der Waals surface area contributed by atoms with E-state index in [1.54, 1.807) is 54.7 Å². The first-order valence-electron chi connectivity index (χ1n) is 9.13. The third-order valence-electron chi connectivity index (χ3n) is 4.34. The van der Waals surface area contributed by atoms with Crippen molar-refractivity contribution < 1.29 is 13.2 Å². The van der Waals surface area contributed by atoms with Crippen molar-refractivity contribution in [2.75, 3.05) is 16.2 Å². The first-order chi connectivity index (χ1) is 13.8. The van der Waals surface area contributed by atoms with E-state index in [0.717, 1.165) is 21.0 Å². The van der Waals surface area contributed by atoms with Crippen molar-refractivity contribution in [2.45, 2.75) is 25.7 Å². The molecule has 0 saturated heterocycles. The van der Waals surface area contributed by atoms with Crippen molar-refractivity contribution in [3.8, 4) is 0 Å². The summed E-state index contributed by atoms with van der Waals surface area (Å²) in [5.41, 5.74) is 3.74. The Morgan fingerprint density at radius 2 is 1.62 bits per heavy atom. The van der Waals surface area contributed by atoms with Gasteiger partial charge in [-0.25, -0.2) is 8.42 Å². The fourth-order valence-corrected chi connectivity index (χ4v) is 4.42. The van der Waals surface area contributed by atoms with Gasteiger partial charge in [0.2, 0.25) is 5.91 Å². The molecule has 0 atom stereocenters. The number of aromatic nitrogens is 1.